The number of halogens is 1. The van der Waals surface area contributed by atoms with Gasteiger partial charge in [-0.15, -0.1) is 0 Å². The van der Waals surface area contributed by atoms with Crippen LogP contribution < -0.4 is 16.8 Å². The zero-order chi connectivity index (χ0) is 11.4. The van der Waals surface area contributed by atoms with Gasteiger partial charge >= 0.3 is 0 Å². The molecule has 5 N–H and O–H groups in total. The minimum absolute atomic E-state index is 0.0400. The van der Waals surface area contributed by atoms with Crippen molar-refractivity contribution in [3.8, 4) is 0 Å². The van der Waals surface area contributed by atoms with E-state index in [4.69, 9.17) is 23.1 Å². The predicted molar refractivity (Wildman–Crippen MR) is 66.4 cm³/mol. The van der Waals surface area contributed by atoms with Crippen LogP contribution in [-0.2, 0) is 0 Å². The lowest BCUT2D eigenvalue weighted by Gasteiger charge is -2.15. The van der Waals surface area contributed by atoms with E-state index >= 15 is 0 Å². The van der Waals surface area contributed by atoms with Crippen molar-refractivity contribution in [3.05, 3.63) is 28.3 Å². The fourth-order valence-electron chi connectivity index (χ4n) is 1.46. The summed E-state index contributed by atoms with van der Waals surface area (Å²) in [6, 6.07) is 3.98. The van der Waals surface area contributed by atoms with E-state index in [2.05, 4.69) is 11.4 Å². The van der Waals surface area contributed by atoms with Gasteiger partial charge in [0.2, 0.25) is 0 Å². The SMILES string of the molecule is Cc1cc(C)c(NCC(N)CN)c(Cl)c1. The number of benzene rings is 1. The maximum Gasteiger partial charge on any atom is 0.0642 e. The Bertz CT molecular complexity index is 316. The highest BCUT2D eigenvalue weighted by Crippen LogP contribution is 2.26. The lowest BCUT2D eigenvalue weighted by Crippen LogP contribution is -2.36. The Morgan fingerprint density at radius 1 is 1.40 bits per heavy atom. The molecule has 0 fully saturated rings. The Morgan fingerprint density at radius 3 is 2.60 bits per heavy atom. The summed E-state index contributed by atoms with van der Waals surface area (Å²) in [5.41, 5.74) is 14.4. The van der Waals surface area contributed by atoms with E-state index in [1.807, 2.05) is 19.9 Å². The normalized spacial score (nSPS) is 12.6. The highest BCUT2D eigenvalue weighted by Gasteiger charge is 2.06. The van der Waals surface area contributed by atoms with Crippen LogP contribution in [0.2, 0.25) is 5.02 Å². The molecule has 0 saturated carbocycles. The first-order chi connectivity index (χ1) is 7.04. The van der Waals surface area contributed by atoms with E-state index in [1.54, 1.807) is 0 Å². The predicted octanol–water partition coefficient (Wildman–Crippen LogP) is 1.65. The van der Waals surface area contributed by atoms with Crippen LogP contribution >= 0.6 is 11.6 Å². The number of rotatable bonds is 4. The van der Waals surface area contributed by atoms with Gasteiger partial charge in [-0.25, -0.2) is 0 Å². The van der Waals surface area contributed by atoms with Crippen LogP contribution in [0, 0.1) is 13.8 Å². The van der Waals surface area contributed by atoms with Crippen molar-refractivity contribution in [2.24, 2.45) is 11.5 Å². The van der Waals surface area contributed by atoms with Gasteiger partial charge < -0.3 is 16.8 Å². The van der Waals surface area contributed by atoms with E-state index in [0.717, 1.165) is 21.8 Å². The van der Waals surface area contributed by atoms with Crippen LogP contribution in [0.4, 0.5) is 5.69 Å². The number of nitrogens with one attached hydrogen (secondary N) is 1. The topological polar surface area (TPSA) is 64.1 Å². The third kappa shape index (κ3) is 3.38. The molecule has 0 bridgehead atoms. The van der Waals surface area contributed by atoms with Crippen molar-refractivity contribution < 1.29 is 0 Å². The molecule has 1 atom stereocenters. The molecule has 4 heteroatoms. The fraction of sp³-hybridized carbons (Fsp3) is 0.455. The van der Waals surface area contributed by atoms with Crippen molar-refractivity contribution in [3.63, 3.8) is 0 Å². The summed E-state index contributed by atoms with van der Waals surface area (Å²) in [4.78, 5) is 0. The largest absolute Gasteiger partial charge is 0.382 e. The van der Waals surface area contributed by atoms with E-state index < -0.39 is 0 Å². The number of anilines is 1. The van der Waals surface area contributed by atoms with Gasteiger partial charge in [-0.3, -0.25) is 0 Å². The molecule has 1 aromatic carbocycles. The highest BCUT2D eigenvalue weighted by atomic mass is 35.5. The lowest BCUT2D eigenvalue weighted by molar-refractivity contribution is 0.713. The molecule has 0 heterocycles. The molecule has 0 aliphatic heterocycles. The Morgan fingerprint density at radius 2 is 2.07 bits per heavy atom. The van der Waals surface area contributed by atoms with Crippen LogP contribution in [0.3, 0.4) is 0 Å². The van der Waals surface area contributed by atoms with E-state index in [9.17, 15) is 0 Å². The molecule has 15 heavy (non-hydrogen) atoms. The Kier molecular flexibility index (Phi) is 4.39. The summed E-state index contributed by atoms with van der Waals surface area (Å²) >= 11 is 6.13. The van der Waals surface area contributed by atoms with Crippen molar-refractivity contribution in [1.29, 1.82) is 0 Å². The average molecular weight is 228 g/mol. The van der Waals surface area contributed by atoms with Gasteiger partial charge in [-0.2, -0.15) is 0 Å². The molecule has 1 unspecified atom stereocenters. The molecule has 0 saturated heterocycles. The van der Waals surface area contributed by atoms with Crippen LogP contribution in [0.5, 0.6) is 0 Å². The second kappa shape index (κ2) is 5.35. The van der Waals surface area contributed by atoms with Crippen LogP contribution in [-0.4, -0.2) is 19.1 Å². The third-order valence-corrected chi connectivity index (χ3v) is 2.57. The number of aryl methyl sites for hydroxylation is 2. The first-order valence-electron chi connectivity index (χ1n) is 5.01. The number of hydrogen-bond acceptors (Lipinski definition) is 3. The zero-order valence-corrected chi connectivity index (χ0v) is 9.93. The van der Waals surface area contributed by atoms with Crippen LogP contribution in [0.25, 0.3) is 0 Å². The summed E-state index contributed by atoms with van der Waals surface area (Å²) in [7, 11) is 0. The molecule has 0 amide bonds. The van der Waals surface area contributed by atoms with Crippen molar-refractivity contribution in [1.82, 2.24) is 0 Å². The van der Waals surface area contributed by atoms with Crippen molar-refractivity contribution >= 4 is 17.3 Å². The summed E-state index contributed by atoms with van der Waals surface area (Å²) in [5, 5.41) is 3.96. The Balaban J connectivity index is 2.77. The molecular weight excluding hydrogens is 210 g/mol. The van der Waals surface area contributed by atoms with Gasteiger partial charge in [0.1, 0.15) is 0 Å². The molecular formula is C11H18ClN3. The van der Waals surface area contributed by atoms with E-state index in [1.165, 1.54) is 0 Å². The quantitative estimate of drug-likeness (QED) is 0.733. The minimum atomic E-state index is -0.0400. The average Bonchev–Trinajstić information content (AvgIpc) is 2.15. The number of nitrogens with two attached hydrogens (primary N) is 2. The molecule has 0 radical (unpaired) electrons. The standard InChI is InChI=1S/C11H18ClN3/c1-7-3-8(2)11(10(12)4-7)15-6-9(14)5-13/h3-4,9,15H,5-6,13-14H2,1-2H3. The zero-order valence-electron chi connectivity index (χ0n) is 9.18. The monoisotopic (exact) mass is 227 g/mol. The molecule has 1 aromatic rings. The summed E-state index contributed by atoms with van der Waals surface area (Å²) in [6.45, 7) is 5.15. The van der Waals surface area contributed by atoms with E-state index in [0.29, 0.717) is 13.1 Å². The van der Waals surface area contributed by atoms with Gasteiger partial charge in [0.25, 0.3) is 0 Å². The van der Waals surface area contributed by atoms with Gasteiger partial charge in [0.15, 0.2) is 0 Å². The summed E-state index contributed by atoms with van der Waals surface area (Å²) in [5.74, 6) is 0. The van der Waals surface area contributed by atoms with Crippen LogP contribution in [0.15, 0.2) is 12.1 Å². The van der Waals surface area contributed by atoms with E-state index in [-0.39, 0.29) is 6.04 Å². The smallest absolute Gasteiger partial charge is 0.0642 e. The minimum Gasteiger partial charge on any atom is -0.382 e. The fourth-order valence-corrected chi connectivity index (χ4v) is 1.84. The third-order valence-electron chi connectivity index (χ3n) is 2.28. The first kappa shape index (κ1) is 12.3. The Labute approximate surface area is 95.8 Å². The molecule has 84 valence electrons. The van der Waals surface area contributed by atoms with Crippen molar-refractivity contribution in [2.45, 2.75) is 19.9 Å². The maximum atomic E-state index is 6.13. The molecule has 1 rings (SSSR count). The first-order valence-corrected chi connectivity index (χ1v) is 5.38. The second-order valence-electron chi connectivity index (χ2n) is 3.82. The molecule has 0 aliphatic rings. The summed E-state index contributed by atoms with van der Waals surface area (Å²) in [6.07, 6.45) is 0. The maximum absolute atomic E-state index is 6.13. The Hall–Kier alpha value is -0.770. The van der Waals surface area contributed by atoms with Gasteiger partial charge in [-0.1, -0.05) is 17.7 Å². The van der Waals surface area contributed by atoms with Crippen molar-refractivity contribution in [2.75, 3.05) is 18.4 Å². The van der Waals surface area contributed by atoms with Gasteiger partial charge in [-0.05, 0) is 31.0 Å². The molecule has 0 spiro atoms. The summed E-state index contributed by atoms with van der Waals surface area (Å²) < 4.78 is 0. The number of hydrogen-bond donors (Lipinski definition) is 3. The molecule has 0 aliphatic carbocycles. The highest BCUT2D eigenvalue weighted by molar-refractivity contribution is 6.33. The lowest BCUT2D eigenvalue weighted by atomic mass is 10.1. The second-order valence-corrected chi connectivity index (χ2v) is 4.22. The van der Waals surface area contributed by atoms with Gasteiger partial charge in [0.05, 0.1) is 10.7 Å². The molecule has 0 aromatic heterocycles. The van der Waals surface area contributed by atoms with Crippen LogP contribution in [0.1, 0.15) is 11.1 Å². The van der Waals surface area contributed by atoms with Gasteiger partial charge in [0, 0.05) is 19.1 Å². The molecule has 3 nitrogen and oxygen atoms in total.